The van der Waals surface area contributed by atoms with Crippen molar-refractivity contribution < 1.29 is 27.5 Å². The molecule has 19 heavy (non-hydrogen) atoms. The van der Waals surface area contributed by atoms with Crippen LogP contribution in [0.25, 0.3) is 0 Å². The predicted molar refractivity (Wildman–Crippen MR) is 57.8 cm³/mol. The Morgan fingerprint density at radius 3 is 1.84 bits per heavy atom. The molecule has 0 heterocycles. The molecule has 0 atom stereocenters. The number of benzene rings is 1. The number of nitrogens with two attached hydrogens (primary N) is 1. The van der Waals surface area contributed by atoms with Crippen molar-refractivity contribution in [1.82, 2.24) is 0 Å². The summed E-state index contributed by atoms with van der Waals surface area (Å²) in [6.07, 6.45) is 1.26. The molecule has 1 saturated carbocycles. The largest absolute Gasteiger partial charge is 0.477 e. The van der Waals surface area contributed by atoms with Gasteiger partial charge in [0.15, 0.2) is 23.3 Å². The number of hydrogen-bond acceptors (Lipinski definition) is 2. The van der Waals surface area contributed by atoms with Crippen molar-refractivity contribution in [3.8, 4) is 0 Å². The first-order chi connectivity index (χ1) is 8.85. The second-order valence-corrected chi connectivity index (χ2v) is 4.65. The number of carboxylic acid groups (broad SMARTS) is 1. The van der Waals surface area contributed by atoms with E-state index in [0.717, 1.165) is 0 Å². The Morgan fingerprint density at radius 1 is 1.11 bits per heavy atom. The van der Waals surface area contributed by atoms with Crippen LogP contribution in [0.1, 0.15) is 35.2 Å². The minimum atomic E-state index is -2.06. The van der Waals surface area contributed by atoms with Crippen molar-refractivity contribution in [3.63, 3.8) is 0 Å². The van der Waals surface area contributed by atoms with Gasteiger partial charge in [-0.1, -0.05) is 6.42 Å². The number of carbonyl (C=O) groups is 1. The van der Waals surface area contributed by atoms with Gasteiger partial charge in [-0.15, -0.1) is 0 Å². The van der Waals surface area contributed by atoms with Crippen LogP contribution in [0.2, 0.25) is 0 Å². The van der Waals surface area contributed by atoms with Gasteiger partial charge < -0.3 is 10.8 Å². The fourth-order valence-corrected chi connectivity index (χ4v) is 2.44. The van der Waals surface area contributed by atoms with E-state index in [9.17, 15) is 22.4 Å². The van der Waals surface area contributed by atoms with Gasteiger partial charge in [0, 0.05) is 17.5 Å². The summed E-state index contributed by atoms with van der Waals surface area (Å²) in [5.41, 5.74) is 1.90. The van der Waals surface area contributed by atoms with Crippen molar-refractivity contribution in [2.45, 2.75) is 24.7 Å². The molecule has 7 heteroatoms. The van der Waals surface area contributed by atoms with Gasteiger partial charge in [-0.3, -0.25) is 0 Å². The van der Waals surface area contributed by atoms with Crippen LogP contribution in [0.5, 0.6) is 0 Å². The normalized spacial score (nSPS) is 17.1. The van der Waals surface area contributed by atoms with Crippen LogP contribution in [0.15, 0.2) is 0 Å². The Bertz CT molecular complexity index is 521. The number of halogens is 4. The van der Waals surface area contributed by atoms with Crippen molar-refractivity contribution in [2.24, 2.45) is 5.73 Å². The van der Waals surface area contributed by atoms with E-state index in [1.807, 2.05) is 0 Å². The Kier molecular flexibility index (Phi) is 3.25. The molecule has 0 saturated heterocycles. The summed E-state index contributed by atoms with van der Waals surface area (Å²) < 4.78 is 54.9. The molecule has 0 bridgehead atoms. The van der Waals surface area contributed by atoms with Crippen molar-refractivity contribution >= 4 is 5.97 Å². The zero-order chi connectivity index (χ0) is 14.4. The van der Waals surface area contributed by atoms with E-state index in [4.69, 9.17) is 10.8 Å². The van der Waals surface area contributed by atoms with Gasteiger partial charge in [0.05, 0.1) is 0 Å². The minimum absolute atomic E-state index is 0.161. The van der Waals surface area contributed by atoms with Gasteiger partial charge >= 0.3 is 5.97 Å². The summed E-state index contributed by atoms with van der Waals surface area (Å²) in [4.78, 5) is 10.6. The molecule has 1 aliphatic carbocycles. The summed E-state index contributed by atoms with van der Waals surface area (Å²) in [7, 11) is 0. The number of hydrogen-bond donors (Lipinski definition) is 2. The predicted octanol–water partition coefficient (Wildman–Crippen LogP) is 2.32. The lowest BCUT2D eigenvalue weighted by Gasteiger charge is -2.41. The van der Waals surface area contributed by atoms with Gasteiger partial charge in [-0.05, 0) is 12.8 Å². The van der Waals surface area contributed by atoms with Crippen molar-refractivity contribution in [2.75, 3.05) is 6.54 Å². The molecular formula is C12H11F4NO2. The maximum absolute atomic E-state index is 13.9. The molecular weight excluding hydrogens is 266 g/mol. The molecule has 0 aromatic heterocycles. The lowest BCUT2D eigenvalue weighted by atomic mass is 9.64. The van der Waals surface area contributed by atoms with E-state index in [0.29, 0.717) is 19.3 Å². The van der Waals surface area contributed by atoms with Gasteiger partial charge in [-0.2, -0.15) is 0 Å². The lowest BCUT2D eigenvalue weighted by molar-refractivity contribution is 0.0682. The van der Waals surface area contributed by atoms with Gasteiger partial charge in [0.1, 0.15) is 5.56 Å². The molecule has 0 amide bonds. The third kappa shape index (κ3) is 1.80. The van der Waals surface area contributed by atoms with Gasteiger partial charge in [0.2, 0.25) is 0 Å². The molecule has 1 aromatic rings. The smallest absolute Gasteiger partial charge is 0.341 e. The second-order valence-electron chi connectivity index (χ2n) is 4.65. The molecule has 1 aromatic carbocycles. The fraction of sp³-hybridized carbons (Fsp3) is 0.417. The highest BCUT2D eigenvalue weighted by Crippen LogP contribution is 2.46. The van der Waals surface area contributed by atoms with E-state index in [1.54, 1.807) is 0 Å². The topological polar surface area (TPSA) is 63.3 Å². The summed E-state index contributed by atoms with van der Waals surface area (Å²) in [5.74, 6) is -9.17. The monoisotopic (exact) mass is 277 g/mol. The van der Waals surface area contributed by atoms with Crippen LogP contribution < -0.4 is 5.73 Å². The molecule has 1 aliphatic rings. The maximum Gasteiger partial charge on any atom is 0.341 e. The van der Waals surface area contributed by atoms with Crippen LogP contribution in [0, 0.1) is 23.3 Å². The van der Waals surface area contributed by atoms with E-state index in [1.165, 1.54) is 0 Å². The quantitative estimate of drug-likeness (QED) is 0.658. The van der Waals surface area contributed by atoms with Crippen LogP contribution in [0.4, 0.5) is 17.6 Å². The minimum Gasteiger partial charge on any atom is -0.477 e. The zero-order valence-electron chi connectivity index (χ0n) is 9.77. The standard InChI is InChI=1S/C12H11F4NO2/c13-7-5(11(18)19)8(14)10(16)6(9(7)15)12(4-17)2-1-3-12/h1-4,17H2,(H,18,19). The molecule has 2 rings (SSSR count). The maximum atomic E-state index is 13.9. The molecule has 0 spiro atoms. The molecule has 1 fully saturated rings. The summed E-state index contributed by atoms with van der Waals surface area (Å²) >= 11 is 0. The van der Waals surface area contributed by atoms with Crippen LogP contribution in [0.3, 0.4) is 0 Å². The highest BCUT2D eigenvalue weighted by Gasteiger charge is 2.44. The Labute approximate surface area is 106 Å². The molecule has 0 unspecified atom stereocenters. The number of rotatable bonds is 3. The first-order valence-corrected chi connectivity index (χ1v) is 5.65. The number of aromatic carboxylic acids is 1. The van der Waals surface area contributed by atoms with Gasteiger partial charge in [0.25, 0.3) is 0 Å². The third-order valence-corrected chi connectivity index (χ3v) is 3.71. The molecule has 0 aliphatic heterocycles. The fourth-order valence-electron chi connectivity index (χ4n) is 2.44. The summed E-state index contributed by atoms with van der Waals surface area (Å²) in [6.45, 7) is -0.161. The summed E-state index contributed by atoms with van der Waals surface area (Å²) in [5, 5.41) is 8.58. The molecule has 3 nitrogen and oxygen atoms in total. The van der Waals surface area contributed by atoms with Crippen LogP contribution >= 0.6 is 0 Å². The first-order valence-electron chi connectivity index (χ1n) is 5.65. The summed E-state index contributed by atoms with van der Waals surface area (Å²) in [6, 6.07) is 0. The Morgan fingerprint density at radius 2 is 1.58 bits per heavy atom. The Balaban J connectivity index is 2.74. The van der Waals surface area contributed by atoms with E-state index in [-0.39, 0.29) is 6.54 Å². The highest BCUT2D eigenvalue weighted by atomic mass is 19.2. The van der Waals surface area contributed by atoms with E-state index >= 15 is 0 Å². The van der Waals surface area contributed by atoms with Crippen molar-refractivity contribution in [1.29, 1.82) is 0 Å². The van der Waals surface area contributed by atoms with Gasteiger partial charge in [-0.25, -0.2) is 22.4 Å². The van der Waals surface area contributed by atoms with E-state index in [2.05, 4.69) is 0 Å². The average molecular weight is 277 g/mol. The van der Waals surface area contributed by atoms with Crippen molar-refractivity contribution in [3.05, 3.63) is 34.4 Å². The average Bonchev–Trinajstić information content (AvgIpc) is 2.30. The molecule has 3 N–H and O–H groups in total. The SMILES string of the molecule is NCC1(c2c(F)c(F)c(C(=O)O)c(F)c2F)CCC1. The second kappa shape index (κ2) is 4.48. The molecule has 0 radical (unpaired) electrons. The Hall–Kier alpha value is -1.63. The molecule has 104 valence electrons. The van der Waals surface area contributed by atoms with E-state index < -0.39 is 45.8 Å². The zero-order valence-corrected chi connectivity index (χ0v) is 9.77. The third-order valence-electron chi connectivity index (χ3n) is 3.71. The number of carboxylic acids is 1. The van der Waals surface area contributed by atoms with Crippen LogP contribution in [-0.2, 0) is 5.41 Å². The first kappa shape index (κ1) is 13.8. The highest BCUT2D eigenvalue weighted by molar-refractivity contribution is 5.88. The van der Waals surface area contributed by atoms with Crippen LogP contribution in [-0.4, -0.2) is 17.6 Å². The lowest BCUT2D eigenvalue weighted by Crippen LogP contribution is -2.43.